The third-order valence-electron chi connectivity index (χ3n) is 2.52. The zero-order chi connectivity index (χ0) is 14.5. The van der Waals surface area contributed by atoms with Gasteiger partial charge in [-0.1, -0.05) is 35.3 Å². The van der Waals surface area contributed by atoms with Gasteiger partial charge in [-0.05, 0) is 30.3 Å². The minimum atomic E-state index is -0.430. The van der Waals surface area contributed by atoms with E-state index in [0.29, 0.717) is 16.4 Å². The second-order valence-electron chi connectivity index (χ2n) is 4.01. The second-order valence-corrected chi connectivity index (χ2v) is 4.82. The van der Waals surface area contributed by atoms with E-state index < -0.39 is 5.82 Å². The maximum Gasteiger partial charge on any atom is 0.243 e. The summed E-state index contributed by atoms with van der Waals surface area (Å²) in [6, 6.07) is 10.8. The Morgan fingerprint density at radius 1 is 1.05 bits per heavy atom. The van der Waals surface area contributed by atoms with Crippen LogP contribution in [0.4, 0.5) is 15.8 Å². The number of rotatable bonds is 4. The molecule has 20 heavy (non-hydrogen) atoms. The van der Waals surface area contributed by atoms with Crippen molar-refractivity contribution in [3.8, 4) is 0 Å². The summed E-state index contributed by atoms with van der Waals surface area (Å²) >= 11 is 11.8. The van der Waals surface area contributed by atoms with Crippen LogP contribution < -0.4 is 10.6 Å². The number of carbonyl (C=O) groups excluding carboxylic acids is 1. The molecule has 0 unspecified atom stereocenters. The first-order valence-corrected chi connectivity index (χ1v) is 6.55. The summed E-state index contributed by atoms with van der Waals surface area (Å²) in [4.78, 5) is 11.8. The summed E-state index contributed by atoms with van der Waals surface area (Å²) in [5, 5.41) is 6.16. The third kappa shape index (κ3) is 3.85. The highest BCUT2D eigenvalue weighted by atomic mass is 35.5. The molecule has 0 aliphatic carbocycles. The van der Waals surface area contributed by atoms with E-state index in [0.717, 1.165) is 0 Å². The summed E-state index contributed by atoms with van der Waals surface area (Å²) in [7, 11) is 0. The number of carbonyl (C=O) groups is 1. The average molecular weight is 313 g/mol. The van der Waals surface area contributed by atoms with Crippen LogP contribution in [0.25, 0.3) is 0 Å². The zero-order valence-electron chi connectivity index (χ0n) is 10.3. The fourth-order valence-corrected chi connectivity index (χ4v) is 1.98. The van der Waals surface area contributed by atoms with Crippen LogP contribution in [0.5, 0.6) is 0 Å². The van der Waals surface area contributed by atoms with E-state index >= 15 is 0 Å². The molecule has 0 bridgehead atoms. The average Bonchev–Trinajstić information content (AvgIpc) is 2.40. The van der Waals surface area contributed by atoms with Gasteiger partial charge in [0.25, 0.3) is 0 Å². The van der Waals surface area contributed by atoms with Gasteiger partial charge in [-0.25, -0.2) is 4.39 Å². The van der Waals surface area contributed by atoms with Gasteiger partial charge in [0, 0.05) is 0 Å². The molecule has 0 aliphatic rings. The summed E-state index contributed by atoms with van der Waals surface area (Å²) in [6.45, 7) is -0.00340. The highest BCUT2D eigenvalue weighted by Gasteiger charge is 2.07. The number of anilines is 2. The minimum absolute atomic E-state index is 0.00340. The highest BCUT2D eigenvalue weighted by molar-refractivity contribution is 6.34. The van der Waals surface area contributed by atoms with E-state index in [4.69, 9.17) is 23.2 Å². The lowest BCUT2D eigenvalue weighted by molar-refractivity contribution is -0.114. The minimum Gasteiger partial charge on any atom is -0.375 e. The molecule has 2 aromatic rings. The van der Waals surface area contributed by atoms with Crippen molar-refractivity contribution in [2.45, 2.75) is 0 Å². The molecule has 0 saturated heterocycles. The van der Waals surface area contributed by atoms with Gasteiger partial charge in [-0.3, -0.25) is 4.79 Å². The van der Waals surface area contributed by atoms with Crippen molar-refractivity contribution in [1.82, 2.24) is 0 Å². The Bertz CT molecular complexity index is 634. The van der Waals surface area contributed by atoms with Gasteiger partial charge < -0.3 is 10.6 Å². The van der Waals surface area contributed by atoms with Gasteiger partial charge in [-0.15, -0.1) is 0 Å². The molecule has 6 heteroatoms. The zero-order valence-corrected chi connectivity index (χ0v) is 11.8. The molecule has 2 N–H and O–H groups in total. The number of hydrogen-bond donors (Lipinski definition) is 2. The van der Waals surface area contributed by atoms with Crippen LogP contribution >= 0.6 is 23.2 Å². The standard InChI is InChI=1S/C14H11Cl2FN2O/c15-10-3-1-2-4-13(10)19-14(20)8-18-12-6-5-9(17)7-11(12)16/h1-7,18H,8H2,(H,19,20). The van der Waals surface area contributed by atoms with Crippen molar-refractivity contribution in [2.24, 2.45) is 0 Å². The Kier molecular flexibility index (Phi) is 4.82. The maximum atomic E-state index is 12.9. The van der Waals surface area contributed by atoms with Crippen molar-refractivity contribution in [3.63, 3.8) is 0 Å². The lowest BCUT2D eigenvalue weighted by Gasteiger charge is -2.10. The van der Waals surface area contributed by atoms with Crippen LogP contribution in [0, 0.1) is 5.82 Å². The Morgan fingerprint density at radius 2 is 1.80 bits per heavy atom. The van der Waals surface area contributed by atoms with Gasteiger partial charge in [-0.2, -0.15) is 0 Å². The molecule has 2 rings (SSSR count). The first-order valence-electron chi connectivity index (χ1n) is 5.79. The number of benzene rings is 2. The Balaban J connectivity index is 1.94. The predicted molar refractivity (Wildman–Crippen MR) is 80.0 cm³/mol. The van der Waals surface area contributed by atoms with Crippen LogP contribution in [-0.2, 0) is 4.79 Å². The number of amides is 1. The van der Waals surface area contributed by atoms with Crippen molar-refractivity contribution < 1.29 is 9.18 Å². The van der Waals surface area contributed by atoms with E-state index in [-0.39, 0.29) is 17.5 Å². The Hall–Kier alpha value is -1.78. The molecule has 0 heterocycles. The summed E-state index contributed by atoms with van der Waals surface area (Å²) in [6.07, 6.45) is 0. The lowest BCUT2D eigenvalue weighted by Crippen LogP contribution is -2.22. The molecule has 0 spiro atoms. The fraction of sp³-hybridized carbons (Fsp3) is 0.0714. The quantitative estimate of drug-likeness (QED) is 0.889. The summed E-state index contributed by atoms with van der Waals surface area (Å²) in [5.41, 5.74) is 1.02. The number of para-hydroxylation sites is 1. The number of halogens is 3. The SMILES string of the molecule is O=C(CNc1ccc(F)cc1Cl)Nc1ccccc1Cl. The molecule has 104 valence electrons. The summed E-state index contributed by atoms with van der Waals surface area (Å²) < 4.78 is 12.9. The summed E-state index contributed by atoms with van der Waals surface area (Å²) in [5.74, 6) is -0.709. The molecule has 1 amide bonds. The monoisotopic (exact) mass is 312 g/mol. The van der Waals surface area contributed by atoms with Crippen molar-refractivity contribution in [2.75, 3.05) is 17.2 Å². The van der Waals surface area contributed by atoms with Gasteiger partial charge >= 0.3 is 0 Å². The van der Waals surface area contributed by atoms with Crippen molar-refractivity contribution >= 4 is 40.5 Å². The second kappa shape index (κ2) is 6.59. The molecule has 2 aromatic carbocycles. The Morgan fingerprint density at radius 3 is 2.50 bits per heavy atom. The number of hydrogen-bond acceptors (Lipinski definition) is 2. The van der Waals surface area contributed by atoms with E-state index in [1.165, 1.54) is 18.2 Å². The normalized spacial score (nSPS) is 10.2. The highest BCUT2D eigenvalue weighted by Crippen LogP contribution is 2.23. The largest absolute Gasteiger partial charge is 0.375 e. The van der Waals surface area contributed by atoms with Crippen LogP contribution in [-0.4, -0.2) is 12.5 Å². The maximum absolute atomic E-state index is 12.9. The molecule has 0 aliphatic heterocycles. The van der Waals surface area contributed by atoms with E-state index in [9.17, 15) is 9.18 Å². The van der Waals surface area contributed by atoms with Crippen LogP contribution in [0.3, 0.4) is 0 Å². The van der Waals surface area contributed by atoms with Crippen LogP contribution in [0.2, 0.25) is 10.0 Å². The van der Waals surface area contributed by atoms with Crippen LogP contribution in [0.1, 0.15) is 0 Å². The van der Waals surface area contributed by atoms with Gasteiger partial charge in [0.1, 0.15) is 5.82 Å². The van der Waals surface area contributed by atoms with E-state index in [2.05, 4.69) is 10.6 Å². The van der Waals surface area contributed by atoms with Gasteiger partial charge in [0.15, 0.2) is 0 Å². The fourth-order valence-electron chi connectivity index (χ4n) is 1.57. The molecule has 0 atom stereocenters. The molecule has 0 saturated carbocycles. The van der Waals surface area contributed by atoms with E-state index in [1.54, 1.807) is 24.3 Å². The van der Waals surface area contributed by atoms with Gasteiger partial charge in [0.05, 0.1) is 28.0 Å². The van der Waals surface area contributed by atoms with E-state index in [1.807, 2.05) is 0 Å². The molecule has 0 fully saturated rings. The third-order valence-corrected chi connectivity index (χ3v) is 3.16. The van der Waals surface area contributed by atoms with Gasteiger partial charge in [0.2, 0.25) is 5.91 Å². The predicted octanol–water partition coefficient (Wildman–Crippen LogP) is 4.18. The van der Waals surface area contributed by atoms with Crippen LogP contribution in [0.15, 0.2) is 42.5 Å². The smallest absolute Gasteiger partial charge is 0.243 e. The first-order chi connectivity index (χ1) is 9.56. The molecular formula is C14H11Cl2FN2O. The first kappa shape index (κ1) is 14.6. The van der Waals surface area contributed by atoms with Crippen molar-refractivity contribution in [3.05, 3.63) is 58.3 Å². The molecule has 0 aromatic heterocycles. The molecule has 3 nitrogen and oxygen atoms in total. The topological polar surface area (TPSA) is 41.1 Å². The van der Waals surface area contributed by atoms with Crippen molar-refractivity contribution in [1.29, 1.82) is 0 Å². The number of nitrogens with one attached hydrogen (secondary N) is 2. The molecule has 0 radical (unpaired) electrons. The Labute approximate surface area is 125 Å². The lowest BCUT2D eigenvalue weighted by atomic mass is 10.3. The molecular weight excluding hydrogens is 302 g/mol.